The van der Waals surface area contributed by atoms with Gasteiger partial charge in [-0.3, -0.25) is 4.68 Å². The molecule has 0 saturated heterocycles. The smallest absolute Gasteiger partial charge is 0.0540 e. The highest BCUT2D eigenvalue weighted by molar-refractivity contribution is 5.20. The minimum atomic E-state index is 0.440. The summed E-state index contributed by atoms with van der Waals surface area (Å²) in [5.74, 6) is 0.766. The van der Waals surface area contributed by atoms with Crippen molar-refractivity contribution < 1.29 is 0 Å². The van der Waals surface area contributed by atoms with Crippen LogP contribution < -0.4 is 5.32 Å². The largest absolute Gasteiger partial charge is 0.313 e. The number of aromatic nitrogens is 2. The van der Waals surface area contributed by atoms with E-state index in [2.05, 4.69) is 31.2 Å². The Labute approximate surface area is 99.2 Å². The molecule has 0 bridgehead atoms. The normalized spacial score (nSPS) is 15.1. The number of hydrogen-bond acceptors (Lipinski definition) is 2. The molecule has 3 heteroatoms. The van der Waals surface area contributed by atoms with Gasteiger partial charge in [0.15, 0.2) is 0 Å². The third-order valence-electron chi connectivity index (χ3n) is 3.42. The van der Waals surface area contributed by atoms with Crippen LogP contribution in [0.25, 0.3) is 0 Å². The molecule has 0 fully saturated rings. The molecular formula is C13H25N3. The summed E-state index contributed by atoms with van der Waals surface area (Å²) >= 11 is 0. The summed E-state index contributed by atoms with van der Waals surface area (Å²) in [5.41, 5.74) is 2.61. The first kappa shape index (κ1) is 13.2. The molecule has 0 aromatic carbocycles. The fourth-order valence-electron chi connectivity index (χ4n) is 2.27. The van der Waals surface area contributed by atoms with Gasteiger partial charge in [-0.1, -0.05) is 26.7 Å². The summed E-state index contributed by atoms with van der Waals surface area (Å²) in [6.45, 7) is 6.72. The first-order chi connectivity index (χ1) is 7.60. The van der Waals surface area contributed by atoms with Crippen molar-refractivity contribution in [2.45, 2.75) is 46.1 Å². The summed E-state index contributed by atoms with van der Waals surface area (Å²) < 4.78 is 1.95. The van der Waals surface area contributed by atoms with Crippen LogP contribution in [-0.2, 0) is 7.05 Å². The number of nitrogens with one attached hydrogen (secondary N) is 1. The molecular weight excluding hydrogens is 198 g/mol. The van der Waals surface area contributed by atoms with Crippen molar-refractivity contribution in [3.8, 4) is 0 Å². The molecule has 1 heterocycles. The first-order valence-electron chi connectivity index (χ1n) is 6.25. The van der Waals surface area contributed by atoms with Gasteiger partial charge in [0.05, 0.1) is 6.20 Å². The van der Waals surface area contributed by atoms with Gasteiger partial charge in [-0.2, -0.15) is 5.10 Å². The van der Waals surface area contributed by atoms with Gasteiger partial charge in [-0.05, 0) is 26.3 Å². The SMILES string of the molecule is CCCC(C)CC(NC)c1cnn(C)c1C. The Hall–Kier alpha value is -0.830. The maximum Gasteiger partial charge on any atom is 0.0540 e. The molecule has 0 spiro atoms. The van der Waals surface area contributed by atoms with E-state index in [1.165, 1.54) is 30.5 Å². The minimum Gasteiger partial charge on any atom is -0.313 e. The van der Waals surface area contributed by atoms with Gasteiger partial charge in [-0.15, -0.1) is 0 Å². The van der Waals surface area contributed by atoms with Gasteiger partial charge in [-0.25, -0.2) is 0 Å². The quantitative estimate of drug-likeness (QED) is 0.803. The molecule has 1 N–H and O–H groups in total. The summed E-state index contributed by atoms with van der Waals surface area (Å²) in [4.78, 5) is 0. The minimum absolute atomic E-state index is 0.440. The van der Waals surface area contributed by atoms with Gasteiger partial charge in [0.1, 0.15) is 0 Å². The first-order valence-corrected chi connectivity index (χ1v) is 6.25. The molecule has 16 heavy (non-hydrogen) atoms. The Morgan fingerprint density at radius 1 is 1.50 bits per heavy atom. The van der Waals surface area contributed by atoms with Crippen LogP contribution in [0.15, 0.2) is 6.20 Å². The number of nitrogens with zero attached hydrogens (tertiary/aromatic N) is 2. The molecule has 0 amide bonds. The van der Waals surface area contributed by atoms with E-state index in [-0.39, 0.29) is 0 Å². The maximum absolute atomic E-state index is 4.31. The van der Waals surface area contributed by atoms with Crippen molar-refractivity contribution in [1.29, 1.82) is 0 Å². The van der Waals surface area contributed by atoms with Crippen molar-refractivity contribution in [2.24, 2.45) is 13.0 Å². The average Bonchev–Trinajstić information content (AvgIpc) is 2.57. The lowest BCUT2D eigenvalue weighted by Gasteiger charge is -2.20. The molecule has 0 aliphatic carbocycles. The molecule has 0 aliphatic heterocycles. The van der Waals surface area contributed by atoms with Gasteiger partial charge in [0.25, 0.3) is 0 Å². The lowest BCUT2D eigenvalue weighted by Crippen LogP contribution is -2.19. The lowest BCUT2D eigenvalue weighted by molar-refractivity contribution is 0.405. The number of aryl methyl sites for hydroxylation is 1. The highest BCUT2D eigenvalue weighted by atomic mass is 15.3. The maximum atomic E-state index is 4.31. The Balaban J connectivity index is 2.71. The lowest BCUT2D eigenvalue weighted by atomic mass is 9.93. The summed E-state index contributed by atoms with van der Waals surface area (Å²) in [5, 5.41) is 7.72. The number of hydrogen-bond donors (Lipinski definition) is 1. The monoisotopic (exact) mass is 223 g/mol. The average molecular weight is 223 g/mol. The highest BCUT2D eigenvalue weighted by Gasteiger charge is 2.17. The van der Waals surface area contributed by atoms with E-state index in [0.29, 0.717) is 6.04 Å². The molecule has 2 unspecified atom stereocenters. The van der Waals surface area contributed by atoms with Gasteiger partial charge < -0.3 is 5.32 Å². The zero-order valence-corrected chi connectivity index (χ0v) is 11.2. The van der Waals surface area contributed by atoms with Crippen LogP contribution in [0.2, 0.25) is 0 Å². The molecule has 1 rings (SSSR count). The van der Waals surface area contributed by atoms with Crippen LogP contribution >= 0.6 is 0 Å². The predicted octanol–water partition coefficient (Wildman–Crippen LogP) is 2.82. The Kier molecular flexibility index (Phi) is 5.00. The second kappa shape index (κ2) is 6.04. The topological polar surface area (TPSA) is 29.9 Å². The summed E-state index contributed by atoms with van der Waals surface area (Å²) in [7, 11) is 4.04. The fourth-order valence-corrected chi connectivity index (χ4v) is 2.27. The van der Waals surface area contributed by atoms with Crippen molar-refractivity contribution in [1.82, 2.24) is 15.1 Å². The Bertz CT molecular complexity index is 317. The van der Waals surface area contributed by atoms with E-state index < -0.39 is 0 Å². The molecule has 0 radical (unpaired) electrons. The van der Waals surface area contributed by atoms with Gasteiger partial charge >= 0.3 is 0 Å². The third-order valence-corrected chi connectivity index (χ3v) is 3.42. The van der Waals surface area contributed by atoms with E-state index in [4.69, 9.17) is 0 Å². The second-order valence-corrected chi connectivity index (χ2v) is 4.78. The van der Waals surface area contributed by atoms with E-state index in [1.807, 2.05) is 25.0 Å². The van der Waals surface area contributed by atoms with Crippen molar-refractivity contribution in [2.75, 3.05) is 7.05 Å². The molecule has 2 atom stereocenters. The zero-order chi connectivity index (χ0) is 12.1. The van der Waals surface area contributed by atoms with Crippen LogP contribution in [0, 0.1) is 12.8 Å². The molecule has 92 valence electrons. The third kappa shape index (κ3) is 3.08. The molecule has 0 aliphatic rings. The van der Waals surface area contributed by atoms with Crippen LogP contribution in [0.4, 0.5) is 0 Å². The highest BCUT2D eigenvalue weighted by Crippen LogP contribution is 2.25. The van der Waals surface area contributed by atoms with Gasteiger partial charge in [0, 0.05) is 24.3 Å². The standard InChI is InChI=1S/C13H25N3/c1-6-7-10(2)8-13(14-4)12-9-15-16(5)11(12)3/h9-10,13-14H,6-8H2,1-5H3. The zero-order valence-electron chi connectivity index (χ0n) is 11.2. The predicted molar refractivity (Wildman–Crippen MR) is 68.4 cm³/mol. The van der Waals surface area contributed by atoms with E-state index in [0.717, 1.165) is 5.92 Å². The molecule has 3 nitrogen and oxygen atoms in total. The van der Waals surface area contributed by atoms with Gasteiger partial charge in [0.2, 0.25) is 0 Å². The fraction of sp³-hybridized carbons (Fsp3) is 0.769. The summed E-state index contributed by atoms with van der Waals surface area (Å²) in [6.07, 6.45) is 5.76. The Morgan fingerprint density at radius 2 is 2.19 bits per heavy atom. The Morgan fingerprint density at radius 3 is 2.62 bits per heavy atom. The molecule has 0 saturated carbocycles. The van der Waals surface area contributed by atoms with Crippen molar-refractivity contribution in [3.63, 3.8) is 0 Å². The molecule has 1 aromatic rings. The number of rotatable bonds is 6. The van der Waals surface area contributed by atoms with Crippen molar-refractivity contribution in [3.05, 3.63) is 17.5 Å². The van der Waals surface area contributed by atoms with E-state index in [1.54, 1.807) is 0 Å². The van der Waals surface area contributed by atoms with Crippen LogP contribution in [-0.4, -0.2) is 16.8 Å². The van der Waals surface area contributed by atoms with Crippen LogP contribution in [0.1, 0.15) is 50.4 Å². The van der Waals surface area contributed by atoms with Crippen LogP contribution in [0.5, 0.6) is 0 Å². The van der Waals surface area contributed by atoms with E-state index in [9.17, 15) is 0 Å². The van der Waals surface area contributed by atoms with E-state index >= 15 is 0 Å². The van der Waals surface area contributed by atoms with Crippen LogP contribution in [0.3, 0.4) is 0 Å². The van der Waals surface area contributed by atoms with Crippen molar-refractivity contribution >= 4 is 0 Å². The second-order valence-electron chi connectivity index (χ2n) is 4.78. The molecule has 1 aromatic heterocycles. The summed E-state index contributed by atoms with van der Waals surface area (Å²) in [6, 6.07) is 0.440.